The van der Waals surface area contributed by atoms with Gasteiger partial charge in [-0.25, -0.2) is 13.2 Å². The highest BCUT2D eigenvalue weighted by Crippen LogP contribution is 2.26. The lowest BCUT2D eigenvalue weighted by Gasteiger charge is -2.12. The van der Waals surface area contributed by atoms with E-state index in [-0.39, 0.29) is 29.0 Å². The van der Waals surface area contributed by atoms with Crippen molar-refractivity contribution in [2.45, 2.75) is 30.2 Å². The van der Waals surface area contributed by atoms with Gasteiger partial charge < -0.3 is 19.9 Å². The lowest BCUT2D eigenvalue weighted by molar-refractivity contribution is -0.115. The van der Waals surface area contributed by atoms with Crippen molar-refractivity contribution in [2.75, 3.05) is 16.8 Å². The fourth-order valence-electron chi connectivity index (χ4n) is 3.48. The minimum Gasteiger partial charge on any atom is -0.325 e. The fourth-order valence-corrected chi connectivity index (χ4v) is 6.18. The third-order valence-corrected chi connectivity index (χ3v) is 8.13. The van der Waals surface area contributed by atoms with Gasteiger partial charge in [-0.15, -0.1) is 10.2 Å². The average molecular weight is 451 g/mol. The zero-order chi connectivity index (χ0) is 21.5. The molecule has 1 amide bonds. The van der Waals surface area contributed by atoms with Crippen LogP contribution >= 0.6 is 11.8 Å². The van der Waals surface area contributed by atoms with Crippen molar-refractivity contribution in [1.29, 1.82) is 0 Å². The minimum atomic E-state index is -2.93. The molecule has 10 nitrogen and oxygen atoms in total. The molecule has 1 saturated heterocycles. The Bertz CT molecular complexity index is 1260. The molecule has 2 aromatic heterocycles. The monoisotopic (exact) mass is 450 g/mol. The van der Waals surface area contributed by atoms with E-state index in [2.05, 4.69) is 25.5 Å². The Morgan fingerprint density at radius 1 is 1.33 bits per heavy atom. The van der Waals surface area contributed by atoms with Gasteiger partial charge in [0.25, 0.3) is 0 Å². The lowest BCUT2D eigenvalue weighted by Crippen LogP contribution is -2.22. The summed E-state index contributed by atoms with van der Waals surface area (Å²) in [5.74, 6) is 0.998. The molecule has 12 heteroatoms. The molecule has 1 aliphatic heterocycles. The van der Waals surface area contributed by atoms with E-state index in [1.165, 1.54) is 11.8 Å². The highest BCUT2D eigenvalue weighted by atomic mass is 32.2. The molecular formula is C18H22N6O4S2. The van der Waals surface area contributed by atoms with Crippen LogP contribution in [0.25, 0.3) is 11.0 Å². The molecule has 0 saturated carbocycles. The van der Waals surface area contributed by atoms with Gasteiger partial charge in [-0.05, 0) is 37.5 Å². The molecule has 0 spiro atoms. The van der Waals surface area contributed by atoms with Crippen LogP contribution in [0.1, 0.15) is 19.2 Å². The zero-order valence-electron chi connectivity index (χ0n) is 16.5. The van der Waals surface area contributed by atoms with E-state index >= 15 is 0 Å². The summed E-state index contributed by atoms with van der Waals surface area (Å²) in [6, 6.07) is 5.13. The van der Waals surface area contributed by atoms with E-state index in [1.807, 2.05) is 11.6 Å². The molecule has 2 atom stereocenters. The van der Waals surface area contributed by atoms with Gasteiger partial charge in [-0.3, -0.25) is 4.79 Å². The van der Waals surface area contributed by atoms with Crippen LogP contribution in [-0.4, -0.2) is 55.8 Å². The number of aromatic amines is 2. The van der Waals surface area contributed by atoms with Gasteiger partial charge in [-0.1, -0.05) is 11.8 Å². The number of sulfone groups is 1. The Morgan fingerprint density at radius 3 is 2.83 bits per heavy atom. The van der Waals surface area contributed by atoms with Gasteiger partial charge in [0.15, 0.2) is 15.0 Å². The number of benzene rings is 1. The number of rotatable bonds is 6. The van der Waals surface area contributed by atoms with Crippen LogP contribution in [0.4, 0.5) is 5.69 Å². The number of aromatic nitrogens is 5. The molecule has 3 aromatic rings. The number of H-pyrrole nitrogens is 2. The number of imidazole rings is 1. The Labute approximate surface area is 176 Å². The van der Waals surface area contributed by atoms with Gasteiger partial charge >= 0.3 is 5.69 Å². The molecule has 1 aromatic carbocycles. The molecule has 3 N–H and O–H groups in total. The van der Waals surface area contributed by atoms with Crippen LogP contribution in [0.2, 0.25) is 0 Å². The van der Waals surface area contributed by atoms with Crippen molar-refractivity contribution in [3.05, 3.63) is 34.5 Å². The van der Waals surface area contributed by atoms with Gasteiger partial charge in [0.05, 0.1) is 27.8 Å². The van der Waals surface area contributed by atoms with Crippen LogP contribution in [0.5, 0.6) is 0 Å². The number of thioether (sulfide) groups is 1. The van der Waals surface area contributed by atoms with E-state index in [4.69, 9.17) is 0 Å². The first kappa shape index (κ1) is 20.7. The summed E-state index contributed by atoms with van der Waals surface area (Å²) in [5, 5.41) is 11.4. The quantitative estimate of drug-likeness (QED) is 0.477. The Hall–Kier alpha value is -2.60. The number of nitrogens with one attached hydrogen (secondary N) is 3. The van der Waals surface area contributed by atoms with E-state index in [0.29, 0.717) is 40.5 Å². The Morgan fingerprint density at radius 2 is 2.10 bits per heavy atom. The Balaban J connectivity index is 1.39. The largest absolute Gasteiger partial charge is 0.325 e. The topological polar surface area (TPSA) is 143 Å². The third kappa shape index (κ3) is 4.43. The highest BCUT2D eigenvalue weighted by molar-refractivity contribution is 8.00. The number of carbonyl (C=O) groups is 1. The number of hydrogen-bond acceptors (Lipinski definition) is 7. The van der Waals surface area contributed by atoms with Crippen molar-refractivity contribution >= 4 is 44.2 Å². The maximum absolute atomic E-state index is 12.6. The second-order valence-electron chi connectivity index (χ2n) is 7.52. The fraction of sp³-hybridized carbons (Fsp3) is 0.444. The summed E-state index contributed by atoms with van der Waals surface area (Å²) in [7, 11) is -1.11. The summed E-state index contributed by atoms with van der Waals surface area (Å²) in [4.78, 5) is 29.3. The number of anilines is 1. The SMILES string of the molecule is C[C@@H](Sc1nnc(C[C@@H]2CCS(=O)(=O)C2)n1C)C(=O)Nc1ccc2[nH]c(=O)[nH]c2c1. The summed E-state index contributed by atoms with van der Waals surface area (Å²) >= 11 is 1.28. The molecule has 30 heavy (non-hydrogen) atoms. The van der Waals surface area contributed by atoms with Crippen LogP contribution in [-0.2, 0) is 28.1 Å². The smallest absolute Gasteiger partial charge is 0.323 e. The molecule has 160 valence electrons. The summed E-state index contributed by atoms with van der Waals surface area (Å²) in [5.41, 5.74) is 1.56. The maximum atomic E-state index is 12.6. The maximum Gasteiger partial charge on any atom is 0.323 e. The predicted octanol–water partition coefficient (Wildman–Crippen LogP) is 1.08. The first-order valence-corrected chi connectivity index (χ1v) is 12.2. The zero-order valence-corrected chi connectivity index (χ0v) is 18.1. The number of fused-ring (bicyclic) bond motifs is 1. The molecular weight excluding hydrogens is 428 g/mol. The van der Waals surface area contributed by atoms with Crippen LogP contribution < -0.4 is 11.0 Å². The molecule has 4 rings (SSSR count). The van der Waals surface area contributed by atoms with Crippen LogP contribution in [0.15, 0.2) is 28.2 Å². The van der Waals surface area contributed by atoms with Gasteiger partial charge in [0.1, 0.15) is 5.82 Å². The molecule has 0 radical (unpaired) electrons. The van der Waals surface area contributed by atoms with E-state index in [1.54, 1.807) is 25.1 Å². The van der Waals surface area contributed by atoms with Crippen molar-refractivity contribution in [3.8, 4) is 0 Å². The molecule has 0 aliphatic carbocycles. The van der Waals surface area contributed by atoms with Gasteiger partial charge in [0, 0.05) is 19.2 Å². The van der Waals surface area contributed by atoms with Crippen LogP contribution in [0, 0.1) is 5.92 Å². The normalized spacial score (nSPS) is 19.2. The van der Waals surface area contributed by atoms with E-state index in [0.717, 1.165) is 0 Å². The van der Waals surface area contributed by atoms with Crippen molar-refractivity contribution in [3.63, 3.8) is 0 Å². The van der Waals surface area contributed by atoms with Gasteiger partial charge in [-0.2, -0.15) is 0 Å². The number of hydrogen-bond donors (Lipinski definition) is 3. The number of nitrogens with zero attached hydrogens (tertiary/aromatic N) is 3. The van der Waals surface area contributed by atoms with Gasteiger partial charge in [0.2, 0.25) is 5.91 Å². The average Bonchev–Trinajstić information content (AvgIpc) is 3.32. The Kier molecular flexibility index (Phi) is 5.45. The number of carbonyl (C=O) groups excluding carboxylic acids is 1. The second-order valence-corrected chi connectivity index (χ2v) is 11.1. The molecule has 0 bridgehead atoms. The second kappa shape index (κ2) is 7.91. The highest BCUT2D eigenvalue weighted by Gasteiger charge is 2.29. The van der Waals surface area contributed by atoms with Crippen molar-refractivity contribution in [1.82, 2.24) is 24.7 Å². The summed E-state index contributed by atoms with van der Waals surface area (Å²) < 4.78 is 25.1. The first-order chi connectivity index (χ1) is 14.2. The summed E-state index contributed by atoms with van der Waals surface area (Å²) in [6.45, 7) is 1.77. The minimum absolute atomic E-state index is 0.0614. The summed E-state index contributed by atoms with van der Waals surface area (Å²) in [6.07, 6.45) is 1.20. The van der Waals surface area contributed by atoms with E-state index in [9.17, 15) is 18.0 Å². The first-order valence-electron chi connectivity index (χ1n) is 9.48. The van der Waals surface area contributed by atoms with Crippen molar-refractivity contribution in [2.24, 2.45) is 13.0 Å². The predicted molar refractivity (Wildman–Crippen MR) is 114 cm³/mol. The third-order valence-electron chi connectivity index (χ3n) is 5.16. The van der Waals surface area contributed by atoms with Crippen molar-refractivity contribution < 1.29 is 13.2 Å². The molecule has 0 unspecified atom stereocenters. The van der Waals surface area contributed by atoms with E-state index < -0.39 is 15.1 Å². The molecule has 1 fully saturated rings. The molecule has 1 aliphatic rings. The standard InChI is InChI=1S/C18H22N6O4S2/c1-10(16(25)19-12-3-4-13-14(8-12)21-17(26)20-13)29-18-23-22-15(24(18)2)7-11-5-6-30(27,28)9-11/h3-4,8,10-11H,5-7,9H2,1-2H3,(H,19,25)(H2,20,21,26)/t10-,11+/m1/s1. The van der Waals surface area contributed by atoms with Crippen LogP contribution in [0.3, 0.4) is 0 Å². The lowest BCUT2D eigenvalue weighted by atomic mass is 10.1. The number of amides is 1. The molecule has 3 heterocycles.